The molecule has 0 aliphatic rings. The minimum atomic E-state index is -0.0131. The summed E-state index contributed by atoms with van der Waals surface area (Å²) in [6, 6.07) is 13.7. The van der Waals surface area contributed by atoms with Crippen LogP contribution in [0.4, 0.5) is 5.13 Å². The molecule has 4 nitrogen and oxygen atoms in total. The summed E-state index contributed by atoms with van der Waals surface area (Å²) in [6.07, 6.45) is 0.891. The molecule has 3 aromatic rings. The second-order valence-electron chi connectivity index (χ2n) is 6.59. The zero-order valence-corrected chi connectivity index (χ0v) is 17.6. The van der Waals surface area contributed by atoms with E-state index in [0.717, 1.165) is 32.8 Å². The monoisotopic (exact) mass is 431 g/mol. The predicted octanol–water partition coefficient (Wildman–Crippen LogP) is 4.97. The van der Waals surface area contributed by atoms with Crippen LogP contribution >= 0.6 is 27.3 Å². The number of hydrogen-bond acceptors (Lipinski definition) is 4. The number of amides is 1. The van der Waals surface area contributed by atoms with Crippen LogP contribution in [0.5, 0.6) is 0 Å². The molecule has 2 aromatic carbocycles. The summed E-state index contributed by atoms with van der Waals surface area (Å²) in [4.78, 5) is 21.8. The lowest BCUT2D eigenvalue weighted by atomic mass is 10.2. The smallest absolute Gasteiger partial charge is 0.260 e. The van der Waals surface area contributed by atoms with Crippen LogP contribution in [-0.2, 0) is 0 Å². The van der Waals surface area contributed by atoms with Crippen LogP contribution in [0.3, 0.4) is 0 Å². The van der Waals surface area contributed by atoms with Crippen molar-refractivity contribution < 1.29 is 4.79 Å². The van der Waals surface area contributed by atoms with E-state index in [-0.39, 0.29) is 5.91 Å². The van der Waals surface area contributed by atoms with Gasteiger partial charge in [0.15, 0.2) is 5.13 Å². The molecule has 0 atom stereocenters. The Hall–Kier alpha value is -1.76. The van der Waals surface area contributed by atoms with Crippen molar-refractivity contribution in [3.8, 4) is 0 Å². The minimum absolute atomic E-state index is 0.0131. The van der Waals surface area contributed by atoms with E-state index in [1.165, 1.54) is 5.56 Å². The summed E-state index contributed by atoms with van der Waals surface area (Å²) in [5, 5.41) is 0.759. The number of fused-ring (bicyclic) bond motifs is 1. The fourth-order valence-corrected chi connectivity index (χ4v) is 4.23. The first kappa shape index (κ1) is 19.0. The molecule has 6 heteroatoms. The Bertz CT molecular complexity index is 922. The van der Waals surface area contributed by atoms with Gasteiger partial charge in [-0.3, -0.25) is 9.69 Å². The summed E-state index contributed by atoms with van der Waals surface area (Å²) in [5.74, 6) is -0.0131. The molecule has 1 amide bonds. The maximum Gasteiger partial charge on any atom is 0.260 e. The van der Waals surface area contributed by atoms with E-state index in [1.54, 1.807) is 11.3 Å². The van der Waals surface area contributed by atoms with E-state index in [2.05, 4.69) is 39.9 Å². The molecule has 0 fully saturated rings. The maximum atomic E-state index is 13.2. The van der Waals surface area contributed by atoms with E-state index in [0.29, 0.717) is 12.1 Å². The molecule has 1 heterocycles. The van der Waals surface area contributed by atoms with Gasteiger partial charge in [0.05, 0.1) is 10.2 Å². The molecule has 26 heavy (non-hydrogen) atoms. The Morgan fingerprint density at radius 2 is 1.96 bits per heavy atom. The third-order valence-corrected chi connectivity index (χ3v) is 5.60. The molecule has 0 saturated heterocycles. The molecule has 0 spiro atoms. The van der Waals surface area contributed by atoms with Gasteiger partial charge >= 0.3 is 0 Å². The van der Waals surface area contributed by atoms with Crippen molar-refractivity contribution in [3.63, 3.8) is 0 Å². The Morgan fingerprint density at radius 3 is 2.69 bits per heavy atom. The van der Waals surface area contributed by atoms with Gasteiger partial charge in [0.25, 0.3) is 5.91 Å². The van der Waals surface area contributed by atoms with Crippen LogP contribution in [-0.4, -0.2) is 43.0 Å². The van der Waals surface area contributed by atoms with E-state index in [1.807, 2.05) is 49.3 Å². The third kappa shape index (κ3) is 4.50. The van der Waals surface area contributed by atoms with Gasteiger partial charge in [-0.2, -0.15) is 0 Å². The number of aromatic nitrogens is 1. The highest BCUT2D eigenvalue weighted by Gasteiger charge is 2.21. The number of hydrogen-bond donors (Lipinski definition) is 0. The Balaban J connectivity index is 1.94. The number of thiazole rings is 1. The number of carbonyl (C=O) groups is 1. The number of rotatable bonds is 6. The number of carbonyl (C=O) groups excluding carboxylic acids is 1. The fraction of sp³-hybridized carbons (Fsp3) is 0.300. The number of benzene rings is 2. The molecule has 0 unspecified atom stereocenters. The zero-order chi connectivity index (χ0) is 18.7. The van der Waals surface area contributed by atoms with Crippen molar-refractivity contribution in [2.45, 2.75) is 13.3 Å². The number of aryl methyl sites for hydroxylation is 1. The van der Waals surface area contributed by atoms with Gasteiger partial charge < -0.3 is 4.90 Å². The highest BCUT2D eigenvalue weighted by Crippen LogP contribution is 2.30. The van der Waals surface area contributed by atoms with Gasteiger partial charge in [-0.1, -0.05) is 39.4 Å². The van der Waals surface area contributed by atoms with Crippen LogP contribution in [0.1, 0.15) is 22.3 Å². The molecule has 0 bridgehead atoms. The topological polar surface area (TPSA) is 36.4 Å². The van der Waals surface area contributed by atoms with Gasteiger partial charge in [-0.25, -0.2) is 4.98 Å². The molecular weight excluding hydrogens is 410 g/mol. The lowest BCUT2D eigenvalue weighted by molar-refractivity contribution is 0.0986. The normalized spacial score (nSPS) is 11.3. The Labute approximate surface area is 166 Å². The average Bonchev–Trinajstić information content (AvgIpc) is 3.00. The molecule has 3 rings (SSSR count). The first-order valence-corrected chi connectivity index (χ1v) is 10.1. The average molecular weight is 432 g/mol. The SMILES string of the molecule is Cc1ccc2nc(N(CCCN(C)C)C(=O)c3cccc(Br)c3)sc2c1. The molecule has 0 aliphatic heterocycles. The zero-order valence-electron chi connectivity index (χ0n) is 15.2. The Kier molecular flexibility index (Phi) is 6.06. The Morgan fingerprint density at radius 1 is 1.15 bits per heavy atom. The van der Waals surface area contributed by atoms with Gasteiger partial charge in [0.2, 0.25) is 0 Å². The quantitative estimate of drug-likeness (QED) is 0.552. The van der Waals surface area contributed by atoms with Gasteiger partial charge in [0, 0.05) is 16.6 Å². The van der Waals surface area contributed by atoms with Crippen molar-refractivity contribution >= 4 is 48.5 Å². The maximum absolute atomic E-state index is 13.2. The summed E-state index contributed by atoms with van der Waals surface area (Å²) in [7, 11) is 4.09. The highest BCUT2D eigenvalue weighted by molar-refractivity contribution is 9.10. The van der Waals surface area contributed by atoms with Crippen molar-refractivity contribution in [2.24, 2.45) is 0 Å². The van der Waals surface area contributed by atoms with Crippen molar-refractivity contribution in [3.05, 3.63) is 58.1 Å². The van der Waals surface area contributed by atoms with Crippen LogP contribution in [0.2, 0.25) is 0 Å². The van der Waals surface area contributed by atoms with Gasteiger partial charge in [-0.15, -0.1) is 0 Å². The fourth-order valence-electron chi connectivity index (χ4n) is 2.74. The summed E-state index contributed by atoms with van der Waals surface area (Å²) >= 11 is 5.03. The number of nitrogens with zero attached hydrogens (tertiary/aromatic N) is 3. The summed E-state index contributed by atoms with van der Waals surface area (Å²) < 4.78 is 2.01. The lowest BCUT2D eigenvalue weighted by Crippen LogP contribution is -2.33. The predicted molar refractivity (Wildman–Crippen MR) is 113 cm³/mol. The molecule has 0 aliphatic carbocycles. The first-order valence-electron chi connectivity index (χ1n) is 8.53. The molecule has 0 radical (unpaired) electrons. The first-order chi connectivity index (χ1) is 12.4. The van der Waals surface area contributed by atoms with Crippen LogP contribution in [0, 0.1) is 6.92 Å². The van der Waals surface area contributed by atoms with E-state index in [9.17, 15) is 4.79 Å². The van der Waals surface area contributed by atoms with Crippen molar-refractivity contribution in [2.75, 3.05) is 32.1 Å². The second-order valence-corrected chi connectivity index (χ2v) is 8.52. The van der Waals surface area contributed by atoms with E-state index in [4.69, 9.17) is 4.98 Å². The third-order valence-electron chi connectivity index (χ3n) is 4.07. The van der Waals surface area contributed by atoms with Crippen LogP contribution in [0.25, 0.3) is 10.2 Å². The molecule has 136 valence electrons. The minimum Gasteiger partial charge on any atom is -0.309 e. The van der Waals surface area contributed by atoms with Crippen molar-refractivity contribution in [1.82, 2.24) is 9.88 Å². The lowest BCUT2D eigenvalue weighted by Gasteiger charge is -2.21. The number of anilines is 1. The molecule has 0 saturated carbocycles. The van der Waals surface area contributed by atoms with E-state index >= 15 is 0 Å². The molecular formula is C20H22BrN3OS. The standard InChI is InChI=1S/C20H22BrN3OS/c1-14-8-9-17-18(12-14)26-20(22-17)24(11-5-10-23(2)3)19(25)15-6-4-7-16(21)13-15/h4,6-9,12-13H,5,10-11H2,1-3H3. The van der Waals surface area contributed by atoms with Gasteiger partial charge in [0.1, 0.15) is 0 Å². The second kappa shape index (κ2) is 8.29. The largest absolute Gasteiger partial charge is 0.309 e. The summed E-state index contributed by atoms with van der Waals surface area (Å²) in [5.41, 5.74) is 2.81. The van der Waals surface area contributed by atoms with Crippen molar-refractivity contribution in [1.29, 1.82) is 0 Å². The van der Waals surface area contributed by atoms with Gasteiger partial charge in [-0.05, 0) is 69.9 Å². The number of halogens is 1. The highest BCUT2D eigenvalue weighted by atomic mass is 79.9. The summed E-state index contributed by atoms with van der Waals surface area (Å²) in [6.45, 7) is 3.63. The van der Waals surface area contributed by atoms with E-state index < -0.39 is 0 Å². The van der Waals surface area contributed by atoms with Crippen LogP contribution < -0.4 is 4.90 Å². The molecule has 0 N–H and O–H groups in total. The molecule has 1 aromatic heterocycles. The van der Waals surface area contributed by atoms with Crippen LogP contribution in [0.15, 0.2) is 46.9 Å².